The van der Waals surface area contributed by atoms with Crippen molar-refractivity contribution in [2.24, 2.45) is 0 Å². The number of hydrogen-bond acceptors (Lipinski definition) is 6. The number of hydrogen-bond donors (Lipinski definition) is 0. The number of nitro groups is 1. The lowest BCUT2D eigenvalue weighted by Crippen LogP contribution is -2.37. The molecule has 26 heavy (non-hydrogen) atoms. The molecule has 1 saturated heterocycles. The minimum atomic E-state index is -0.694. The minimum Gasteiger partial charge on any atom is -0.390 e. The molecule has 1 aromatic heterocycles. The van der Waals surface area contributed by atoms with Crippen LogP contribution in [-0.2, 0) is 17.9 Å². The van der Waals surface area contributed by atoms with Crippen LogP contribution in [0, 0.1) is 15.9 Å². The first-order valence-electron chi connectivity index (χ1n) is 8.29. The van der Waals surface area contributed by atoms with E-state index in [9.17, 15) is 19.3 Å². The third-order valence-electron chi connectivity index (χ3n) is 4.25. The van der Waals surface area contributed by atoms with Gasteiger partial charge >= 0.3 is 5.95 Å². The predicted octanol–water partition coefficient (Wildman–Crippen LogP) is 1.06. The first-order chi connectivity index (χ1) is 12.5. The van der Waals surface area contributed by atoms with Crippen LogP contribution in [-0.4, -0.2) is 61.6 Å². The molecule has 1 aromatic carbocycles. The minimum absolute atomic E-state index is 0.0706. The molecule has 0 spiro atoms. The van der Waals surface area contributed by atoms with E-state index in [2.05, 4.69) is 15.0 Å². The van der Waals surface area contributed by atoms with Crippen molar-refractivity contribution in [2.75, 3.05) is 26.2 Å². The first-order valence-corrected chi connectivity index (χ1v) is 8.29. The van der Waals surface area contributed by atoms with Gasteiger partial charge in [-0.15, -0.1) is 0 Å². The SMILES string of the molecule is O=C(Cn1cnc([N+](=O)[O-])n1)N1CCCN(Cc2ccc(F)cc2)CC1. The van der Waals surface area contributed by atoms with Crippen molar-refractivity contribution in [1.82, 2.24) is 24.6 Å². The molecule has 0 unspecified atom stereocenters. The Morgan fingerprint density at radius 3 is 2.65 bits per heavy atom. The molecule has 9 nitrogen and oxygen atoms in total. The summed E-state index contributed by atoms with van der Waals surface area (Å²) in [4.78, 5) is 29.8. The Morgan fingerprint density at radius 2 is 1.96 bits per heavy atom. The summed E-state index contributed by atoms with van der Waals surface area (Å²) in [5.74, 6) is -0.915. The normalized spacial score (nSPS) is 15.7. The van der Waals surface area contributed by atoms with Crippen LogP contribution in [0.4, 0.5) is 10.3 Å². The molecule has 1 aliphatic heterocycles. The van der Waals surface area contributed by atoms with Gasteiger partial charge in [0.05, 0.1) is 0 Å². The van der Waals surface area contributed by atoms with Gasteiger partial charge in [-0.3, -0.25) is 9.69 Å². The molecule has 0 N–H and O–H groups in total. The van der Waals surface area contributed by atoms with Crippen LogP contribution in [0.2, 0.25) is 0 Å². The third-order valence-corrected chi connectivity index (χ3v) is 4.25. The molecule has 1 aliphatic rings. The number of carbonyl (C=O) groups excluding carboxylic acids is 1. The number of nitrogens with zero attached hydrogens (tertiary/aromatic N) is 6. The van der Waals surface area contributed by atoms with Gasteiger partial charge in [0.15, 0.2) is 0 Å². The summed E-state index contributed by atoms with van der Waals surface area (Å²) in [7, 11) is 0. The van der Waals surface area contributed by atoms with Gasteiger partial charge in [-0.2, -0.15) is 4.68 Å². The Kier molecular flexibility index (Phi) is 5.52. The summed E-state index contributed by atoms with van der Waals surface area (Å²) < 4.78 is 14.2. The highest BCUT2D eigenvalue weighted by molar-refractivity contribution is 5.75. The van der Waals surface area contributed by atoms with E-state index in [1.165, 1.54) is 23.1 Å². The van der Waals surface area contributed by atoms with Crippen molar-refractivity contribution >= 4 is 11.9 Å². The van der Waals surface area contributed by atoms with Crippen molar-refractivity contribution in [3.8, 4) is 0 Å². The van der Waals surface area contributed by atoms with E-state index >= 15 is 0 Å². The Morgan fingerprint density at radius 1 is 1.19 bits per heavy atom. The quantitative estimate of drug-likeness (QED) is 0.583. The van der Waals surface area contributed by atoms with Crippen LogP contribution in [0.15, 0.2) is 30.6 Å². The molecule has 0 bridgehead atoms. The van der Waals surface area contributed by atoms with E-state index in [0.29, 0.717) is 26.2 Å². The van der Waals surface area contributed by atoms with E-state index in [4.69, 9.17) is 0 Å². The molecular weight excluding hydrogens is 343 g/mol. The maximum absolute atomic E-state index is 13.0. The van der Waals surface area contributed by atoms with E-state index in [1.807, 2.05) is 0 Å². The van der Waals surface area contributed by atoms with Gasteiger partial charge in [-0.05, 0) is 29.0 Å². The second-order valence-corrected chi connectivity index (χ2v) is 6.14. The second kappa shape index (κ2) is 8.00. The van der Waals surface area contributed by atoms with Crippen LogP contribution in [0.5, 0.6) is 0 Å². The van der Waals surface area contributed by atoms with Gasteiger partial charge < -0.3 is 15.0 Å². The Labute approximate surface area is 149 Å². The van der Waals surface area contributed by atoms with E-state index < -0.39 is 10.9 Å². The Bertz CT molecular complexity index is 779. The monoisotopic (exact) mass is 362 g/mol. The zero-order chi connectivity index (χ0) is 18.5. The lowest BCUT2D eigenvalue weighted by Gasteiger charge is -2.21. The van der Waals surface area contributed by atoms with Crippen molar-refractivity contribution < 1.29 is 14.1 Å². The van der Waals surface area contributed by atoms with E-state index in [0.717, 1.165) is 18.5 Å². The summed E-state index contributed by atoms with van der Waals surface area (Å²) in [5.41, 5.74) is 1.03. The van der Waals surface area contributed by atoms with Gasteiger partial charge in [0.25, 0.3) is 0 Å². The number of rotatable bonds is 5. The van der Waals surface area contributed by atoms with Gasteiger partial charge in [0.1, 0.15) is 12.4 Å². The maximum atomic E-state index is 13.0. The Balaban J connectivity index is 1.53. The Hall–Kier alpha value is -2.88. The van der Waals surface area contributed by atoms with Gasteiger partial charge in [0.2, 0.25) is 12.2 Å². The molecule has 3 rings (SSSR count). The summed E-state index contributed by atoms with van der Waals surface area (Å²) >= 11 is 0. The zero-order valence-corrected chi connectivity index (χ0v) is 14.1. The fraction of sp³-hybridized carbons (Fsp3) is 0.438. The van der Waals surface area contributed by atoms with E-state index in [-0.39, 0.29) is 18.3 Å². The van der Waals surface area contributed by atoms with Gasteiger partial charge in [0, 0.05) is 37.8 Å². The highest BCUT2D eigenvalue weighted by Crippen LogP contribution is 2.11. The fourth-order valence-electron chi connectivity index (χ4n) is 2.91. The third kappa shape index (κ3) is 4.60. The van der Waals surface area contributed by atoms with Crippen LogP contribution in [0.1, 0.15) is 12.0 Å². The lowest BCUT2D eigenvalue weighted by molar-refractivity contribution is -0.394. The summed E-state index contributed by atoms with van der Waals surface area (Å²) in [5, 5.41) is 14.3. The van der Waals surface area contributed by atoms with Gasteiger partial charge in [-0.1, -0.05) is 17.1 Å². The summed E-state index contributed by atoms with van der Waals surface area (Å²) in [6.45, 7) is 3.37. The molecule has 0 radical (unpaired) electrons. The predicted molar refractivity (Wildman–Crippen MR) is 89.6 cm³/mol. The summed E-state index contributed by atoms with van der Waals surface area (Å²) in [6, 6.07) is 6.42. The molecule has 1 amide bonds. The molecule has 2 heterocycles. The molecule has 0 atom stereocenters. The molecule has 0 aliphatic carbocycles. The number of amides is 1. The van der Waals surface area contributed by atoms with Crippen LogP contribution >= 0.6 is 0 Å². The number of carbonyl (C=O) groups is 1. The average molecular weight is 362 g/mol. The molecule has 10 heteroatoms. The smallest absolute Gasteiger partial charge is 0.390 e. The number of benzene rings is 1. The van der Waals surface area contributed by atoms with Crippen molar-refractivity contribution in [3.63, 3.8) is 0 Å². The fourth-order valence-corrected chi connectivity index (χ4v) is 2.91. The molecule has 2 aromatic rings. The van der Waals surface area contributed by atoms with Crippen molar-refractivity contribution in [2.45, 2.75) is 19.5 Å². The van der Waals surface area contributed by atoms with E-state index in [1.54, 1.807) is 17.0 Å². The molecule has 1 fully saturated rings. The number of aromatic nitrogens is 3. The highest BCUT2D eigenvalue weighted by atomic mass is 19.1. The highest BCUT2D eigenvalue weighted by Gasteiger charge is 2.22. The molecular formula is C16H19FN6O3. The van der Waals surface area contributed by atoms with Crippen LogP contribution < -0.4 is 0 Å². The van der Waals surface area contributed by atoms with Gasteiger partial charge in [-0.25, -0.2) is 4.39 Å². The topological polar surface area (TPSA) is 97.4 Å². The average Bonchev–Trinajstić information content (AvgIpc) is 2.95. The van der Waals surface area contributed by atoms with Crippen LogP contribution in [0.3, 0.4) is 0 Å². The van der Waals surface area contributed by atoms with Crippen molar-refractivity contribution in [1.29, 1.82) is 0 Å². The molecule has 0 saturated carbocycles. The van der Waals surface area contributed by atoms with Crippen molar-refractivity contribution in [3.05, 3.63) is 52.1 Å². The summed E-state index contributed by atoms with van der Waals surface area (Å²) in [6.07, 6.45) is 2.01. The zero-order valence-electron chi connectivity index (χ0n) is 14.1. The van der Waals surface area contributed by atoms with Crippen LogP contribution in [0.25, 0.3) is 0 Å². The second-order valence-electron chi connectivity index (χ2n) is 6.14. The lowest BCUT2D eigenvalue weighted by atomic mass is 10.2. The standard InChI is InChI=1S/C16H19FN6O3/c17-14-4-2-13(3-5-14)10-20-6-1-7-21(9-8-20)15(24)11-22-12-18-16(19-22)23(25)26/h2-5,12H,1,6-11H2. The number of halogens is 1. The largest absolute Gasteiger partial charge is 0.490 e. The first kappa shape index (κ1) is 17.9. The maximum Gasteiger partial charge on any atom is 0.490 e. The molecule has 138 valence electrons.